The maximum atomic E-state index is 11.5. The van der Waals surface area contributed by atoms with Gasteiger partial charge in [-0.1, -0.05) is 15.8 Å². The fourth-order valence-electron chi connectivity index (χ4n) is 2.29. The third kappa shape index (κ3) is 212. The van der Waals surface area contributed by atoms with Gasteiger partial charge in [-0.3, -0.25) is 0 Å². The SMILES string of the molecule is CN.CN.CN.CN.CN.CN.CN.CN.CN.CN.CN.CN.CN.CN.CNCP(=O)(CN)CNC.CNCP(CN)CNC.CNCP(CO)CNC.N.NCP(CO)CO.OCP(CO)CO. The van der Waals surface area contributed by atoms with Gasteiger partial charge in [0.2, 0.25) is 0 Å². The summed E-state index contributed by atoms with van der Waals surface area (Å²) in [4.78, 5) is 0. The van der Waals surface area contributed by atoms with Crippen molar-refractivity contribution < 1.29 is 35.2 Å². The van der Waals surface area contributed by atoms with Crippen LogP contribution in [0.4, 0.5) is 0 Å². The molecule has 0 bridgehead atoms. The molecule has 0 saturated heterocycles. The van der Waals surface area contributed by atoms with Crippen molar-refractivity contribution >= 4 is 38.8 Å². The average Bonchev–Trinajstić information content (AvgIpc) is 3.48. The molecule has 0 aliphatic carbocycles. The molecule has 0 fully saturated rings. The Balaban J connectivity index is -0.0000000226. The molecule has 0 unspecified atom stereocenters. The van der Waals surface area contributed by atoms with Crippen molar-refractivity contribution in [3.05, 3.63) is 0 Å². The average molecular weight is 1160 g/mol. The highest BCUT2D eigenvalue weighted by molar-refractivity contribution is 7.63. The molecule has 0 aromatic carbocycles. The molecule has 71 heavy (non-hydrogen) atoms. The Bertz CT molecular complexity index is 507. The summed E-state index contributed by atoms with van der Waals surface area (Å²) >= 11 is 0. The van der Waals surface area contributed by atoms with Crippen LogP contribution in [0.5, 0.6) is 0 Å². The Kier molecular flexibility index (Phi) is 411. The van der Waals surface area contributed by atoms with Gasteiger partial charge >= 0.3 is 0 Å². The molecule has 49 N–H and O–H groups in total. The minimum Gasteiger partial charge on any atom is -0.392 e. The lowest BCUT2D eigenvalue weighted by atomic mass is 11.2. The number of hydrogen-bond acceptors (Lipinski definition) is 31. The zero-order chi connectivity index (χ0) is 61.7. The van der Waals surface area contributed by atoms with Crippen molar-refractivity contribution in [1.82, 2.24) is 38.1 Å². The van der Waals surface area contributed by atoms with E-state index >= 15 is 0 Å². The largest absolute Gasteiger partial charge is 0.392 e. The molecule has 0 aromatic rings. The summed E-state index contributed by atoms with van der Waals surface area (Å²) in [5.74, 6) is 0. The van der Waals surface area contributed by atoms with E-state index in [-0.39, 0.29) is 60.0 Å². The summed E-state index contributed by atoms with van der Waals surface area (Å²) in [6.07, 6.45) is 6.70. The highest BCUT2D eigenvalue weighted by atomic mass is 31.2. The van der Waals surface area contributed by atoms with Gasteiger partial charge in [-0.05, 0) is 157 Å². The van der Waals surface area contributed by atoms with E-state index in [1.807, 2.05) is 28.2 Å². The molecule has 0 radical (unpaired) electrons. The van der Waals surface area contributed by atoms with Crippen LogP contribution in [0.1, 0.15) is 0 Å². The molecule has 0 aliphatic rings. The second-order valence-electron chi connectivity index (χ2n) is 8.21. The summed E-state index contributed by atoms with van der Waals surface area (Å²) in [6.45, 7) is 0. The first kappa shape index (κ1) is 134. The van der Waals surface area contributed by atoms with Gasteiger partial charge in [0.25, 0.3) is 0 Å². The standard InChI is InChI=1S/C5H16N3OP.C5H16N3P.C5H15N2OP.C3H10NO2P.C3H9O3P.14CH5N.H3N/c1-7-4-10(9,3-6)5-8-2;1-7-4-9(3-6)5-8-2;1-6-3-9(5-8)4-7-2;2*4-1-7(2-5)3-6;14*1-2;/h7-8H,3-6H2,1-2H3;7-8H,3-6H2,1-2H3;6-8H,3-5H2,1-2H3;5-6H,1-4H2;4-6H,1-3H2;14*2H2,1H3;1H3. The second kappa shape index (κ2) is 218. The van der Waals surface area contributed by atoms with Crippen LogP contribution in [0.3, 0.4) is 0 Å². The van der Waals surface area contributed by atoms with E-state index in [4.69, 9.17) is 47.8 Å². The van der Waals surface area contributed by atoms with E-state index in [0.717, 1.165) is 31.4 Å². The maximum absolute atomic E-state index is 11.5. The molecule has 0 saturated carbocycles. The van der Waals surface area contributed by atoms with Crippen LogP contribution in [0.15, 0.2) is 0 Å². The van der Waals surface area contributed by atoms with Gasteiger partial charge in [-0.25, -0.2) is 0 Å². The highest BCUT2D eigenvalue weighted by Gasteiger charge is 2.16. The smallest absolute Gasteiger partial charge is 0.126 e. The van der Waals surface area contributed by atoms with Gasteiger partial charge in [-0.2, -0.15) is 0 Å². The Morgan fingerprint density at radius 1 is 0.310 bits per heavy atom. The minimum atomic E-state index is -2.14. The first-order valence-corrected chi connectivity index (χ1v) is 31.1. The van der Waals surface area contributed by atoms with Crippen molar-refractivity contribution in [2.45, 2.75) is 0 Å². The van der Waals surface area contributed by atoms with E-state index in [0.29, 0.717) is 25.2 Å². The van der Waals surface area contributed by atoms with Gasteiger partial charge in [0.15, 0.2) is 0 Å². The fraction of sp³-hybridized carbons (Fsp3) is 1.00. The van der Waals surface area contributed by atoms with Crippen molar-refractivity contribution in [3.63, 3.8) is 0 Å². The quantitative estimate of drug-likeness (QED) is 0.0475. The summed E-state index contributed by atoms with van der Waals surface area (Å²) in [5, 5.41) is 68.1. The molecular weight excluding hydrogens is 1020 g/mol. The normalized spacial score (nSPS) is 7.59. The molecule has 0 aliphatic heterocycles. The van der Waals surface area contributed by atoms with E-state index < -0.39 is 23.0 Å². The van der Waals surface area contributed by atoms with Gasteiger partial charge in [0.1, 0.15) is 7.14 Å². The predicted octanol–water partition coefficient (Wildman–Crippen LogP) is -8.06. The first-order chi connectivity index (χ1) is 34.1. The molecule has 36 heteroatoms. The summed E-state index contributed by atoms with van der Waals surface area (Å²) in [7, 11) is 28.4. The van der Waals surface area contributed by atoms with Gasteiger partial charge in [0, 0.05) is 44.0 Å². The topological polar surface area (TPSA) is 688 Å². The van der Waals surface area contributed by atoms with Crippen LogP contribution < -0.4 is 136 Å². The van der Waals surface area contributed by atoms with Gasteiger partial charge in [-0.15, -0.1) is 0 Å². The Hall–Kier alpha value is 0.750. The molecule has 0 amide bonds. The van der Waals surface area contributed by atoms with Crippen molar-refractivity contribution in [1.29, 1.82) is 0 Å². The lowest BCUT2D eigenvalue weighted by Gasteiger charge is -2.14. The van der Waals surface area contributed by atoms with Crippen molar-refractivity contribution in [3.8, 4) is 0 Å². The Labute approximate surface area is 444 Å². The molecule has 0 rings (SSSR count). The zero-order valence-electron chi connectivity index (χ0n) is 49.5. The number of aliphatic hydroxyl groups is 6. The lowest BCUT2D eigenvalue weighted by Crippen LogP contribution is -2.21. The lowest BCUT2D eigenvalue weighted by molar-refractivity contribution is 0.319. The van der Waals surface area contributed by atoms with Crippen molar-refractivity contribution in [2.75, 3.05) is 236 Å². The number of rotatable bonds is 21. The van der Waals surface area contributed by atoms with E-state index in [1.165, 1.54) is 98.7 Å². The van der Waals surface area contributed by atoms with Crippen molar-refractivity contribution in [2.24, 2.45) is 97.5 Å². The molecule has 0 atom stereocenters. The monoisotopic (exact) mass is 1160 g/mol. The van der Waals surface area contributed by atoms with Crippen LogP contribution in [0.25, 0.3) is 0 Å². The zero-order valence-corrected chi connectivity index (χ0v) is 53.9. The maximum Gasteiger partial charge on any atom is 0.126 e. The number of nitrogens with two attached hydrogens (primary N) is 17. The second-order valence-corrected chi connectivity index (χ2v) is 20.4. The number of nitrogens with one attached hydrogen (secondary N) is 6. The van der Waals surface area contributed by atoms with Crippen LogP contribution >= 0.6 is 38.8 Å². The third-order valence-electron chi connectivity index (χ3n) is 4.47. The molecule has 31 nitrogen and oxygen atoms in total. The van der Waals surface area contributed by atoms with E-state index in [2.05, 4.69) is 112 Å². The number of aliphatic hydroxyl groups excluding tert-OH is 6. The van der Waals surface area contributed by atoms with Crippen LogP contribution in [0.2, 0.25) is 0 Å². The van der Waals surface area contributed by atoms with E-state index in [1.54, 1.807) is 14.1 Å². The molecule has 0 aromatic heterocycles. The Morgan fingerprint density at radius 2 is 0.479 bits per heavy atom. The predicted molar refractivity (Wildman–Crippen MR) is 335 cm³/mol. The van der Waals surface area contributed by atoms with Crippen LogP contribution in [-0.2, 0) is 4.57 Å². The van der Waals surface area contributed by atoms with Gasteiger partial charge in [0.05, 0.1) is 50.7 Å². The molecule has 466 valence electrons. The Morgan fingerprint density at radius 3 is 0.563 bits per heavy atom. The van der Waals surface area contributed by atoms with Crippen LogP contribution in [-0.4, -0.2) is 266 Å². The summed E-state index contributed by atoms with van der Waals surface area (Å²) < 4.78 is 11.5. The first-order valence-electron chi connectivity index (χ1n) is 21.3. The fourth-order valence-corrected chi connectivity index (χ4v) is 6.87. The summed E-state index contributed by atoms with van der Waals surface area (Å²) in [5.41, 5.74) is 78.9. The summed E-state index contributed by atoms with van der Waals surface area (Å²) in [6, 6.07) is 0. The highest BCUT2D eigenvalue weighted by Crippen LogP contribution is 2.40. The molecule has 0 heterocycles. The van der Waals surface area contributed by atoms with Gasteiger partial charge < -0.3 is 171 Å². The van der Waals surface area contributed by atoms with Crippen LogP contribution in [0, 0.1) is 0 Å². The minimum absolute atomic E-state index is 0. The third-order valence-corrected chi connectivity index (χ3v) is 13.4. The van der Waals surface area contributed by atoms with E-state index in [9.17, 15) is 4.57 Å². The molecule has 0 spiro atoms. The molecular formula is C35H139N24O7P5. The number of hydrogen-bond donors (Lipinski definition) is 30.